The number of rotatable bonds is 14. The zero-order valence-electron chi connectivity index (χ0n) is 21.2. The summed E-state index contributed by atoms with van der Waals surface area (Å²) in [6, 6.07) is 10.8. The van der Waals surface area contributed by atoms with Crippen LogP contribution >= 0.6 is 0 Å². The van der Waals surface area contributed by atoms with Crippen LogP contribution in [0, 0.1) is 0 Å². The number of nitrogens with zero attached hydrogens (tertiary/aromatic N) is 4. The number of unbranched alkanes of at least 4 members (excludes halogenated alkanes) is 3. The van der Waals surface area contributed by atoms with Crippen LogP contribution in [0.25, 0.3) is 11.1 Å². The van der Waals surface area contributed by atoms with Gasteiger partial charge in [-0.15, -0.1) is 0 Å². The van der Waals surface area contributed by atoms with Crippen molar-refractivity contribution in [2.45, 2.75) is 71.1 Å². The van der Waals surface area contributed by atoms with Gasteiger partial charge in [-0.3, -0.25) is 4.98 Å². The van der Waals surface area contributed by atoms with E-state index in [0.29, 0.717) is 24.2 Å². The summed E-state index contributed by atoms with van der Waals surface area (Å²) in [5.74, 6) is -0.592. The average Bonchev–Trinajstić information content (AvgIpc) is 3.28. The van der Waals surface area contributed by atoms with Crippen LogP contribution in [0.3, 0.4) is 0 Å². The maximum absolute atomic E-state index is 11.6. The lowest BCUT2D eigenvalue weighted by atomic mass is 10.0. The molecule has 0 aliphatic heterocycles. The Morgan fingerprint density at radius 1 is 1.03 bits per heavy atom. The molecule has 8 nitrogen and oxygen atoms in total. The summed E-state index contributed by atoms with van der Waals surface area (Å²) in [7, 11) is 3.26. The molecule has 2 heterocycles. The first kappa shape index (κ1) is 26.5. The third kappa shape index (κ3) is 6.32. The van der Waals surface area contributed by atoms with Gasteiger partial charge >= 0.3 is 5.97 Å². The van der Waals surface area contributed by atoms with Crippen LogP contribution in [0.2, 0.25) is 0 Å². The fraction of sp³-hybridized carbons (Fsp3) is 0.481. The number of pyridine rings is 1. The minimum atomic E-state index is -0.974. The third-order valence-corrected chi connectivity index (χ3v) is 6.21. The number of ether oxygens (including phenoxy) is 2. The molecule has 0 aliphatic carbocycles. The van der Waals surface area contributed by atoms with Crippen LogP contribution in [0.1, 0.15) is 80.1 Å². The Morgan fingerprint density at radius 2 is 1.77 bits per heavy atom. The number of benzene rings is 1. The first-order chi connectivity index (χ1) is 17.0. The highest BCUT2D eigenvalue weighted by Crippen LogP contribution is 2.30. The maximum atomic E-state index is 11.6. The molecular formula is C27H36N4O4. The van der Waals surface area contributed by atoms with E-state index in [4.69, 9.17) is 19.6 Å². The van der Waals surface area contributed by atoms with E-state index < -0.39 is 11.8 Å². The Morgan fingerprint density at radius 3 is 2.40 bits per heavy atom. The molecule has 0 bridgehead atoms. The molecule has 0 unspecified atom stereocenters. The van der Waals surface area contributed by atoms with Gasteiger partial charge in [0.15, 0.2) is 0 Å². The zero-order chi connectivity index (χ0) is 25.3. The van der Waals surface area contributed by atoms with Crippen LogP contribution in [0.5, 0.6) is 0 Å². The quantitative estimate of drug-likeness (QED) is 0.242. The molecule has 0 radical (unpaired) electrons. The lowest BCUT2D eigenvalue weighted by Gasteiger charge is -2.27. The number of aromatic carboxylic acids is 1. The van der Waals surface area contributed by atoms with Crippen LogP contribution in [0.4, 0.5) is 0 Å². The molecule has 0 atom stereocenters. The normalized spacial score (nSPS) is 11.7. The Hall–Kier alpha value is -3.10. The number of aromatic nitrogens is 4. The molecule has 35 heavy (non-hydrogen) atoms. The summed E-state index contributed by atoms with van der Waals surface area (Å²) in [4.78, 5) is 21.1. The standard InChI is InChI=1S/C27H36N4O4/c1-5-7-11-17-31-24(29-26(30-31)27(34-3,35-4)16-8-6-2)18-21-15-14-20(19-28-21)22-12-9-10-13-23(22)25(32)33/h9-10,12-15,19H,5-8,11,16-18H2,1-4H3,(H,32,33). The van der Waals surface area contributed by atoms with E-state index in [1.165, 1.54) is 0 Å². The first-order valence-corrected chi connectivity index (χ1v) is 12.3. The highest BCUT2D eigenvalue weighted by Gasteiger charge is 2.37. The second-order valence-corrected chi connectivity index (χ2v) is 8.61. The predicted molar refractivity (Wildman–Crippen MR) is 134 cm³/mol. The Labute approximate surface area is 207 Å². The van der Waals surface area contributed by atoms with Gasteiger partial charge in [-0.1, -0.05) is 57.4 Å². The summed E-state index contributed by atoms with van der Waals surface area (Å²) in [5.41, 5.74) is 2.48. The van der Waals surface area contributed by atoms with Crippen molar-refractivity contribution in [3.63, 3.8) is 0 Å². The van der Waals surface area contributed by atoms with E-state index in [9.17, 15) is 9.90 Å². The van der Waals surface area contributed by atoms with E-state index in [1.807, 2.05) is 22.9 Å². The summed E-state index contributed by atoms with van der Waals surface area (Å²) in [6.07, 6.45) is 8.07. The lowest BCUT2D eigenvalue weighted by molar-refractivity contribution is -0.226. The second kappa shape index (κ2) is 12.6. The van der Waals surface area contributed by atoms with Crippen LogP contribution in [0.15, 0.2) is 42.6 Å². The van der Waals surface area contributed by atoms with Gasteiger partial charge in [0.25, 0.3) is 0 Å². The molecule has 188 valence electrons. The Balaban J connectivity index is 1.90. The van der Waals surface area contributed by atoms with Crippen LogP contribution in [-0.2, 0) is 28.2 Å². The first-order valence-electron chi connectivity index (χ1n) is 12.3. The van der Waals surface area contributed by atoms with E-state index >= 15 is 0 Å². The minimum Gasteiger partial charge on any atom is -0.478 e. The molecule has 1 N–H and O–H groups in total. The van der Waals surface area contributed by atoms with Gasteiger partial charge in [0.05, 0.1) is 5.56 Å². The van der Waals surface area contributed by atoms with Crippen molar-refractivity contribution in [1.29, 1.82) is 0 Å². The number of carbonyl (C=O) groups is 1. The van der Waals surface area contributed by atoms with E-state index in [2.05, 4.69) is 18.8 Å². The van der Waals surface area contributed by atoms with Gasteiger partial charge in [0.1, 0.15) is 5.82 Å². The van der Waals surface area contributed by atoms with Gasteiger partial charge in [0, 0.05) is 51.1 Å². The smallest absolute Gasteiger partial charge is 0.336 e. The monoisotopic (exact) mass is 480 g/mol. The van der Waals surface area contributed by atoms with Gasteiger partial charge in [0.2, 0.25) is 11.6 Å². The topological polar surface area (TPSA) is 99.4 Å². The molecule has 2 aromatic heterocycles. The van der Waals surface area contributed by atoms with Crippen molar-refractivity contribution < 1.29 is 19.4 Å². The van der Waals surface area contributed by atoms with Crippen molar-refractivity contribution in [2.75, 3.05) is 14.2 Å². The van der Waals surface area contributed by atoms with Crippen LogP contribution in [-0.4, -0.2) is 45.0 Å². The molecule has 3 aromatic rings. The number of hydrogen-bond acceptors (Lipinski definition) is 6. The third-order valence-electron chi connectivity index (χ3n) is 6.21. The average molecular weight is 481 g/mol. The van der Waals surface area contributed by atoms with Crippen molar-refractivity contribution in [1.82, 2.24) is 19.7 Å². The molecule has 0 amide bonds. The maximum Gasteiger partial charge on any atom is 0.336 e. The molecule has 0 aliphatic rings. The second-order valence-electron chi connectivity index (χ2n) is 8.61. The van der Waals surface area contributed by atoms with Crippen molar-refractivity contribution in [3.05, 3.63) is 65.5 Å². The number of hydrogen-bond donors (Lipinski definition) is 1. The number of carboxylic acids is 1. The SMILES string of the molecule is CCCCCn1nc(C(CCCC)(OC)OC)nc1Cc1ccc(-c2ccccc2C(=O)O)cn1. The summed E-state index contributed by atoms with van der Waals surface area (Å²) < 4.78 is 13.5. The highest BCUT2D eigenvalue weighted by atomic mass is 16.7. The largest absolute Gasteiger partial charge is 0.478 e. The van der Waals surface area contributed by atoms with Crippen molar-refractivity contribution in [2.24, 2.45) is 0 Å². The zero-order valence-corrected chi connectivity index (χ0v) is 21.2. The summed E-state index contributed by atoms with van der Waals surface area (Å²) >= 11 is 0. The molecule has 1 aromatic carbocycles. The number of aryl methyl sites for hydroxylation is 1. The lowest BCUT2D eigenvalue weighted by Crippen LogP contribution is -2.32. The highest BCUT2D eigenvalue weighted by molar-refractivity contribution is 5.95. The van der Waals surface area contributed by atoms with Gasteiger partial charge in [-0.2, -0.15) is 5.10 Å². The minimum absolute atomic E-state index is 0.255. The van der Waals surface area contributed by atoms with Gasteiger partial charge in [-0.05, 0) is 30.5 Å². The number of carboxylic acid groups (broad SMARTS) is 1. The van der Waals surface area contributed by atoms with E-state index in [-0.39, 0.29) is 5.56 Å². The molecular weight excluding hydrogens is 444 g/mol. The molecule has 3 rings (SSSR count). The Kier molecular flexibility index (Phi) is 9.51. The predicted octanol–water partition coefficient (Wildman–Crippen LogP) is 5.46. The van der Waals surface area contributed by atoms with Crippen molar-refractivity contribution in [3.8, 4) is 11.1 Å². The Bertz CT molecular complexity index is 1090. The van der Waals surface area contributed by atoms with Gasteiger partial charge in [-0.25, -0.2) is 14.5 Å². The molecule has 0 saturated carbocycles. The fourth-order valence-electron chi connectivity index (χ4n) is 4.12. The fourth-order valence-corrected chi connectivity index (χ4v) is 4.12. The van der Waals surface area contributed by atoms with E-state index in [0.717, 1.165) is 55.7 Å². The molecule has 0 spiro atoms. The number of methoxy groups -OCH3 is 2. The molecule has 0 fully saturated rings. The van der Waals surface area contributed by atoms with Gasteiger partial charge < -0.3 is 14.6 Å². The van der Waals surface area contributed by atoms with E-state index in [1.54, 1.807) is 38.6 Å². The molecule has 8 heteroatoms. The summed E-state index contributed by atoms with van der Waals surface area (Å²) in [6.45, 7) is 5.06. The van der Waals surface area contributed by atoms with Crippen molar-refractivity contribution >= 4 is 5.97 Å². The molecule has 0 saturated heterocycles. The van der Waals surface area contributed by atoms with Crippen LogP contribution < -0.4 is 0 Å². The summed E-state index contributed by atoms with van der Waals surface area (Å²) in [5, 5.41) is 14.3.